The van der Waals surface area contributed by atoms with Gasteiger partial charge in [0, 0.05) is 18.9 Å². The van der Waals surface area contributed by atoms with E-state index in [9.17, 15) is 9.18 Å². The molecule has 1 atom stereocenters. The molecule has 0 bridgehead atoms. The van der Waals surface area contributed by atoms with Crippen molar-refractivity contribution in [1.29, 1.82) is 0 Å². The highest BCUT2D eigenvalue weighted by Gasteiger charge is 2.16. The Kier molecular flexibility index (Phi) is 6.24. The van der Waals surface area contributed by atoms with Crippen LogP contribution in [-0.4, -0.2) is 21.8 Å². The zero-order valence-corrected chi connectivity index (χ0v) is 16.3. The van der Waals surface area contributed by atoms with Crippen LogP contribution in [0.2, 0.25) is 0 Å². The second-order valence-corrected chi connectivity index (χ2v) is 6.93. The smallest absolute Gasteiger partial charge is 0.261 e. The highest BCUT2D eigenvalue weighted by atomic mass is 79.9. The van der Waals surface area contributed by atoms with Crippen LogP contribution in [0.3, 0.4) is 0 Å². The Morgan fingerprint density at radius 3 is 2.81 bits per heavy atom. The average Bonchev–Trinajstić information content (AvgIpc) is 3.15. The predicted octanol–water partition coefficient (Wildman–Crippen LogP) is 3.92. The van der Waals surface area contributed by atoms with E-state index in [1.165, 1.54) is 18.2 Å². The molecule has 0 fully saturated rings. The molecule has 1 aromatic heterocycles. The molecule has 1 heterocycles. The number of carbonyl (C=O) groups is 1. The molecule has 1 amide bonds. The molecule has 1 unspecified atom stereocenters. The van der Waals surface area contributed by atoms with E-state index in [0.717, 1.165) is 11.1 Å². The minimum Gasteiger partial charge on any atom is -0.480 e. The van der Waals surface area contributed by atoms with E-state index in [1.807, 2.05) is 41.2 Å². The first-order valence-corrected chi connectivity index (χ1v) is 9.25. The molecule has 7 heteroatoms. The SMILES string of the molecule is CC(Oc1ccc(F)cc1Br)C(=O)NCc1cccc(Cn2cccn2)c1. The summed E-state index contributed by atoms with van der Waals surface area (Å²) in [4.78, 5) is 12.3. The number of ether oxygens (including phenoxy) is 1. The van der Waals surface area contributed by atoms with Crippen molar-refractivity contribution in [2.45, 2.75) is 26.1 Å². The Bertz CT molecular complexity index is 915. The van der Waals surface area contributed by atoms with Crippen molar-refractivity contribution in [2.24, 2.45) is 0 Å². The van der Waals surface area contributed by atoms with Gasteiger partial charge in [-0.1, -0.05) is 24.3 Å². The van der Waals surface area contributed by atoms with Gasteiger partial charge in [0.25, 0.3) is 5.91 Å². The summed E-state index contributed by atoms with van der Waals surface area (Å²) in [6.45, 7) is 2.72. The minimum absolute atomic E-state index is 0.247. The molecule has 27 heavy (non-hydrogen) atoms. The molecule has 0 saturated carbocycles. The molecule has 0 saturated heterocycles. The van der Waals surface area contributed by atoms with E-state index in [2.05, 4.69) is 26.3 Å². The van der Waals surface area contributed by atoms with Gasteiger partial charge in [0.1, 0.15) is 11.6 Å². The quantitative estimate of drug-likeness (QED) is 0.616. The standard InChI is InChI=1S/C20H19BrFN3O2/c1-14(27-19-7-6-17(22)11-18(19)21)20(26)23-12-15-4-2-5-16(10-15)13-25-9-3-8-24-25/h2-11,14H,12-13H2,1H3,(H,23,26). The minimum atomic E-state index is -0.709. The second kappa shape index (κ2) is 8.81. The maximum Gasteiger partial charge on any atom is 0.261 e. The molecule has 1 N–H and O–H groups in total. The van der Waals surface area contributed by atoms with E-state index < -0.39 is 6.10 Å². The van der Waals surface area contributed by atoms with Crippen molar-refractivity contribution in [2.75, 3.05) is 0 Å². The Hall–Kier alpha value is -2.67. The van der Waals surface area contributed by atoms with Gasteiger partial charge in [0.05, 0.1) is 11.0 Å². The highest BCUT2D eigenvalue weighted by molar-refractivity contribution is 9.10. The van der Waals surface area contributed by atoms with Gasteiger partial charge in [-0.2, -0.15) is 5.10 Å². The van der Waals surface area contributed by atoms with E-state index in [4.69, 9.17) is 4.74 Å². The van der Waals surface area contributed by atoms with E-state index in [-0.39, 0.29) is 11.7 Å². The molecule has 5 nitrogen and oxygen atoms in total. The van der Waals surface area contributed by atoms with Crippen molar-refractivity contribution >= 4 is 21.8 Å². The van der Waals surface area contributed by atoms with Gasteiger partial charge >= 0.3 is 0 Å². The molecule has 0 aliphatic heterocycles. The summed E-state index contributed by atoms with van der Waals surface area (Å²) in [7, 11) is 0. The van der Waals surface area contributed by atoms with Crippen molar-refractivity contribution in [3.05, 3.63) is 82.3 Å². The van der Waals surface area contributed by atoms with Gasteiger partial charge in [-0.15, -0.1) is 0 Å². The average molecular weight is 432 g/mol. The molecule has 140 valence electrons. The summed E-state index contributed by atoms with van der Waals surface area (Å²) in [5, 5.41) is 7.05. The summed E-state index contributed by atoms with van der Waals surface area (Å²) >= 11 is 3.23. The summed E-state index contributed by atoms with van der Waals surface area (Å²) in [5.41, 5.74) is 2.09. The third kappa shape index (κ3) is 5.40. The number of halogens is 2. The van der Waals surface area contributed by atoms with Crippen LogP contribution in [0.4, 0.5) is 4.39 Å². The molecular formula is C20H19BrFN3O2. The molecule has 0 aliphatic rings. The lowest BCUT2D eigenvalue weighted by Crippen LogP contribution is -2.36. The number of nitrogens with one attached hydrogen (secondary N) is 1. The van der Waals surface area contributed by atoms with Crippen LogP contribution >= 0.6 is 15.9 Å². The van der Waals surface area contributed by atoms with Gasteiger partial charge < -0.3 is 10.1 Å². The van der Waals surface area contributed by atoms with Crippen molar-refractivity contribution in [1.82, 2.24) is 15.1 Å². The van der Waals surface area contributed by atoms with Crippen molar-refractivity contribution < 1.29 is 13.9 Å². The number of carbonyl (C=O) groups excluding carboxylic acids is 1. The highest BCUT2D eigenvalue weighted by Crippen LogP contribution is 2.26. The van der Waals surface area contributed by atoms with Gasteiger partial charge in [0.15, 0.2) is 6.10 Å². The monoisotopic (exact) mass is 431 g/mol. The number of hydrogen-bond donors (Lipinski definition) is 1. The van der Waals surface area contributed by atoms with Gasteiger partial charge in [-0.25, -0.2) is 4.39 Å². The molecular weight excluding hydrogens is 413 g/mol. The predicted molar refractivity (Wildman–Crippen MR) is 104 cm³/mol. The Labute approximate surface area is 165 Å². The topological polar surface area (TPSA) is 56.1 Å². The maximum atomic E-state index is 13.1. The van der Waals surface area contributed by atoms with Gasteiger partial charge in [-0.05, 0) is 58.2 Å². The fourth-order valence-electron chi connectivity index (χ4n) is 2.57. The molecule has 3 rings (SSSR count). The first-order chi connectivity index (χ1) is 13.0. The van der Waals surface area contributed by atoms with Crippen LogP contribution in [0.15, 0.2) is 65.4 Å². The second-order valence-electron chi connectivity index (χ2n) is 6.08. The summed E-state index contributed by atoms with van der Waals surface area (Å²) in [6.07, 6.45) is 2.94. The fourth-order valence-corrected chi connectivity index (χ4v) is 3.01. The molecule has 0 spiro atoms. The van der Waals surface area contributed by atoms with Crippen molar-refractivity contribution in [3.63, 3.8) is 0 Å². The maximum absolute atomic E-state index is 13.1. The molecule has 2 aromatic carbocycles. The van der Waals surface area contributed by atoms with Crippen LogP contribution in [0, 0.1) is 5.82 Å². The number of aromatic nitrogens is 2. The van der Waals surface area contributed by atoms with Crippen LogP contribution in [0.5, 0.6) is 5.75 Å². The number of nitrogens with zero attached hydrogens (tertiary/aromatic N) is 2. The number of benzene rings is 2. The summed E-state index contributed by atoms with van der Waals surface area (Å²) in [6, 6.07) is 13.9. The number of hydrogen-bond acceptors (Lipinski definition) is 3. The van der Waals surface area contributed by atoms with Gasteiger partial charge in [0.2, 0.25) is 0 Å². The van der Waals surface area contributed by atoms with Crippen LogP contribution < -0.4 is 10.1 Å². The van der Waals surface area contributed by atoms with E-state index >= 15 is 0 Å². The third-order valence-electron chi connectivity index (χ3n) is 3.93. The first kappa shape index (κ1) is 19.1. The normalized spacial score (nSPS) is 11.8. The first-order valence-electron chi connectivity index (χ1n) is 8.46. The molecule has 0 aliphatic carbocycles. The van der Waals surface area contributed by atoms with Crippen LogP contribution in [-0.2, 0) is 17.9 Å². The Balaban J connectivity index is 1.55. The lowest BCUT2D eigenvalue weighted by molar-refractivity contribution is -0.127. The van der Waals surface area contributed by atoms with Crippen LogP contribution in [0.25, 0.3) is 0 Å². The summed E-state index contributed by atoms with van der Waals surface area (Å²) in [5.74, 6) is -0.203. The molecule has 0 radical (unpaired) electrons. The third-order valence-corrected chi connectivity index (χ3v) is 4.55. The lowest BCUT2D eigenvalue weighted by atomic mass is 10.1. The zero-order valence-electron chi connectivity index (χ0n) is 14.7. The molecule has 3 aromatic rings. The van der Waals surface area contributed by atoms with Gasteiger partial charge in [-0.3, -0.25) is 9.48 Å². The number of amides is 1. The largest absolute Gasteiger partial charge is 0.480 e. The fraction of sp³-hybridized carbons (Fsp3) is 0.200. The summed E-state index contributed by atoms with van der Waals surface area (Å²) < 4.78 is 21.0. The zero-order chi connectivity index (χ0) is 19.2. The number of rotatable bonds is 7. The lowest BCUT2D eigenvalue weighted by Gasteiger charge is -2.16. The Morgan fingerprint density at radius 1 is 1.26 bits per heavy atom. The van der Waals surface area contributed by atoms with Crippen molar-refractivity contribution in [3.8, 4) is 5.75 Å². The van der Waals surface area contributed by atoms with E-state index in [0.29, 0.717) is 23.3 Å². The van der Waals surface area contributed by atoms with E-state index in [1.54, 1.807) is 13.1 Å². The Morgan fingerprint density at radius 2 is 2.07 bits per heavy atom. The van der Waals surface area contributed by atoms with Crippen LogP contribution in [0.1, 0.15) is 18.1 Å².